The number of amides is 1. The number of carbonyl (C=O) groups excluding carboxylic acids is 1. The van der Waals surface area contributed by atoms with Crippen molar-refractivity contribution in [1.29, 1.82) is 0 Å². The molecule has 35 heavy (non-hydrogen) atoms. The van der Waals surface area contributed by atoms with Crippen LogP contribution in [0.15, 0.2) is 65.6 Å². The molecule has 3 aromatic carbocycles. The summed E-state index contributed by atoms with van der Waals surface area (Å²) in [6.07, 6.45) is 0. The van der Waals surface area contributed by atoms with Crippen LogP contribution in [0.4, 0.5) is 17.1 Å². The van der Waals surface area contributed by atoms with Crippen molar-refractivity contribution in [1.82, 2.24) is 0 Å². The van der Waals surface area contributed by atoms with Crippen molar-refractivity contribution >= 4 is 39.0 Å². The zero-order valence-corrected chi connectivity index (χ0v) is 19.1. The third-order valence-corrected chi connectivity index (χ3v) is 6.73. The average Bonchev–Trinajstić information content (AvgIpc) is 2.79. The van der Waals surface area contributed by atoms with Crippen molar-refractivity contribution in [3.05, 3.63) is 103 Å². The summed E-state index contributed by atoms with van der Waals surface area (Å²) in [5.41, 5.74) is -2.51. The van der Waals surface area contributed by atoms with Gasteiger partial charge in [0.1, 0.15) is 5.69 Å². The number of aromatic carboxylic acids is 1. The molecule has 0 heterocycles. The molecule has 1 N–H and O–H groups in total. The normalized spacial score (nSPS) is 11.0. The quantitative estimate of drug-likeness (QED) is 0.373. The van der Waals surface area contributed by atoms with Crippen LogP contribution in [0.25, 0.3) is 0 Å². The second-order valence-corrected chi connectivity index (χ2v) is 9.17. The summed E-state index contributed by atoms with van der Waals surface area (Å²) in [6, 6.07) is 11.1. The molecule has 0 bridgehead atoms. The van der Waals surface area contributed by atoms with Gasteiger partial charge in [-0.1, -0.05) is 24.3 Å². The Labute approximate surface area is 198 Å². The van der Waals surface area contributed by atoms with Gasteiger partial charge in [-0.2, -0.15) is 4.31 Å². The number of nitro groups is 2. The number of benzene rings is 3. The van der Waals surface area contributed by atoms with Crippen LogP contribution in [0.2, 0.25) is 0 Å². The Morgan fingerprint density at radius 3 is 2.03 bits per heavy atom. The first-order valence-corrected chi connectivity index (χ1v) is 11.2. The highest BCUT2D eigenvalue weighted by Gasteiger charge is 2.38. The molecule has 13 heteroatoms. The van der Waals surface area contributed by atoms with Crippen LogP contribution in [-0.4, -0.2) is 35.2 Å². The van der Waals surface area contributed by atoms with Crippen LogP contribution < -0.4 is 4.31 Å². The molecule has 180 valence electrons. The number of nitro benzene ring substituents is 2. The van der Waals surface area contributed by atoms with E-state index < -0.39 is 64.8 Å². The molecule has 3 rings (SSSR count). The van der Waals surface area contributed by atoms with Gasteiger partial charge < -0.3 is 5.11 Å². The molecule has 0 radical (unpaired) electrons. The molecule has 0 aliphatic rings. The number of aryl methyl sites for hydroxylation is 2. The van der Waals surface area contributed by atoms with Crippen molar-refractivity contribution in [2.24, 2.45) is 0 Å². The fourth-order valence-corrected chi connectivity index (χ4v) is 4.76. The highest BCUT2D eigenvalue weighted by molar-refractivity contribution is 7.93. The van der Waals surface area contributed by atoms with Gasteiger partial charge >= 0.3 is 5.97 Å². The van der Waals surface area contributed by atoms with E-state index in [-0.39, 0.29) is 9.87 Å². The largest absolute Gasteiger partial charge is 0.478 e. The lowest BCUT2D eigenvalue weighted by atomic mass is 10.1. The monoisotopic (exact) mass is 499 g/mol. The van der Waals surface area contributed by atoms with E-state index in [2.05, 4.69) is 0 Å². The van der Waals surface area contributed by atoms with Crippen LogP contribution >= 0.6 is 0 Å². The van der Waals surface area contributed by atoms with Gasteiger partial charge in [-0.05, 0) is 43.7 Å². The van der Waals surface area contributed by atoms with E-state index in [0.717, 1.165) is 42.5 Å². The summed E-state index contributed by atoms with van der Waals surface area (Å²) in [5, 5.41) is 32.6. The van der Waals surface area contributed by atoms with Crippen molar-refractivity contribution in [2.75, 3.05) is 4.31 Å². The first-order chi connectivity index (χ1) is 16.4. The Hall–Kier alpha value is -4.65. The number of hydrogen-bond donors (Lipinski definition) is 1. The van der Waals surface area contributed by atoms with Gasteiger partial charge in [0.2, 0.25) is 0 Å². The summed E-state index contributed by atoms with van der Waals surface area (Å²) >= 11 is 0. The second kappa shape index (κ2) is 9.30. The molecule has 0 saturated heterocycles. The number of sulfonamides is 1. The number of carboxylic acid groups (broad SMARTS) is 1. The van der Waals surface area contributed by atoms with E-state index in [9.17, 15) is 43.3 Å². The molecule has 12 nitrogen and oxygen atoms in total. The fraction of sp³-hybridized carbons (Fsp3) is 0.0909. The molecule has 3 aromatic rings. The molecule has 0 aliphatic carbocycles. The second-order valence-electron chi connectivity index (χ2n) is 7.38. The summed E-state index contributed by atoms with van der Waals surface area (Å²) in [6.45, 7) is 2.89. The number of nitrogens with zero attached hydrogens (tertiary/aromatic N) is 3. The van der Waals surface area contributed by atoms with Crippen LogP contribution in [0, 0.1) is 34.1 Å². The minimum Gasteiger partial charge on any atom is -0.478 e. The molecule has 1 amide bonds. The Kier molecular flexibility index (Phi) is 6.64. The van der Waals surface area contributed by atoms with E-state index in [0.29, 0.717) is 5.56 Å². The van der Waals surface area contributed by atoms with Crippen LogP contribution in [0.5, 0.6) is 0 Å². The molecule has 0 unspecified atom stereocenters. The minimum absolute atomic E-state index is 0.0980. The third kappa shape index (κ3) is 4.70. The third-order valence-electron chi connectivity index (χ3n) is 5.03. The first-order valence-electron chi connectivity index (χ1n) is 9.78. The van der Waals surface area contributed by atoms with Crippen LogP contribution in [0.3, 0.4) is 0 Å². The van der Waals surface area contributed by atoms with Gasteiger partial charge in [-0.25, -0.2) is 13.2 Å². The number of rotatable bonds is 7. The maximum atomic E-state index is 13.7. The van der Waals surface area contributed by atoms with E-state index >= 15 is 0 Å². The van der Waals surface area contributed by atoms with Crippen molar-refractivity contribution in [3.8, 4) is 0 Å². The summed E-state index contributed by atoms with van der Waals surface area (Å²) < 4.78 is 27.5. The highest BCUT2D eigenvalue weighted by Crippen LogP contribution is 2.36. The van der Waals surface area contributed by atoms with Crippen LogP contribution in [0.1, 0.15) is 31.8 Å². The first kappa shape index (κ1) is 25.0. The van der Waals surface area contributed by atoms with E-state index in [1.807, 2.05) is 0 Å². The van der Waals surface area contributed by atoms with E-state index in [1.54, 1.807) is 0 Å². The van der Waals surface area contributed by atoms with Gasteiger partial charge in [0.05, 0.1) is 25.9 Å². The summed E-state index contributed by atoms with van der Waals surface area (Å²) in [4.78, 5) is 46.0. The topological polar surface area (TPSA) is 178 Å². The van der Waals surface area contributed by atoms with E-state index in [4.69, 9.17) is 0 Å². The zero-order chi connectivity index (χ0) is 26.1. The standard InChI is InChI=1S/C22H17N3O9S/c1-13-7-10-18(20(11-13)25(31)32)23(21(26)16-5-3-4-6-17(16)22(27)28)35(33,34)15-9-8-14(2)19(12-15)24(29)30/h3-12H,1-2H3,(H,27,28). The molecular weight excluding hydrogens is 482 g/mol. The van der Waals surface area contributed by atoms with Gasteiger partial charge in [0.15, 0.2) is 0 Å². The van der Waals surface area contributed by atoms with Crippen LogP contribution in [-0.2, 0) is 10.0 Å². The van der Waals surface area contributed by atoms with Gasteiger partial charge in [0, 0.05) is 17.7 Å². The van der Waals surface area contributed by atoms with E-state index in [1.165, 1.54) is 32.0 Å². The maximum absolute atomic E-state index is 13.7. The Morgan fingerprint density at radius 1 is 0.857 bits per heavy atom. The lowest BCUT2D eigenvalue weighted by Crippen LogP contribution is -2.38. The highest BCUT2D eigenvalue weighted by atomic mass is 32.2. The summed E-state index contributed by atoms with van der Waals surface area (Å²) in [7, 11) is -5.00. The van der Waals surface area contributed by atoms with Crippen molar-refractivity contribution in [3.63, 3.8) is 0 Å². The maximum Gasteiger partial charge on any atom is 0.336 e. The Morgan fingerprint density at radius 2 is 1.46 bits per heavy atom. The lowest BCUT2D eigenvalue weighted by molar-refractivity contribution is -0.385. The summed E-state index contributed by atoms with van der Waals surface area (Å²) in [5.74, 6) is -2.92. The fourth-order valence-electron chi connectivity index (χ4n) is 3.32. The van der Waals surface area contributed by atoms with Crippen molar-refractivity contribution < 1.29 is 33.0 Å². The average molecular weight is 499 g/mol. The number of carboxylic acids is 1. The van der Waals surface area contributed by atoms with Crippen molar-refractivity contribution in [2.45, 2.75) is 18.7 Å². The lowest BCUT2D eigenvalue weighted by Gasteiger charge is -2.23. The number of hydrogen-bond acceptors (Lipinski definition) is 8. The zero-order valence-electron chi connectivity index (χ0n) is 18.2. The van der Waals surface area contributed by atoms with Gasteiger partial charge in [-0.3, -0.25) is 25.0 Å². The molecule has 0 saturated carbocycles. The molecule has 0 aliphatic heterocycles. The predicted octanol–water partition coefficient (Wildman–Crippen LogP) is 3.85. The molecular formula is C22H17N3O9S. The molecule has 0 aromatic heterocycles. The Bertz CT molecular complexity index is 1500. The van der Waals surface area contributed by atoms with Gasteiger partial charge in [-0.15, -0.1) is 0 Å². The minimum atomic E-state index is -5.00. The molecule has 0 spiro atoms. The smallest absolute Gasteiger partial charge is 0.336 e. The Balaban J connectivity index is 2.38. The van der Waals surface area contributed by atoms with Gasteiger partial charge in [0.25, 0.3) is 27.3 Å². The number of carbonyl (C=O) groups is 2. The molecule has 0 atom stereocenters. The predicted molar refractivity (Wildman–Crippen MR) is 123 cm³/mol. The molecule has 0 fully saturated rings. The SMILES string of the molecule is Cc1ccc(N(C(=O)c2ccccc2C(=O)O)S(=O)(=O)c2ccc(C)c([N+](=O)[O-])c2)c([N+](=O)[O-])c1. The number of anilines is 1.